The molecule has 3 aromatic rings. The lowest BCUT2D eigenvalue weighted by molar-refractivity contribution is 0.490. The Labute approximate surface area is 128 Å². The minimum Gasteiger partial charge on any atom is -0.465 e. The van der Waals surface area contributed by atoms with Gasteiger partial charge in [0.25, 0.3) is 0 Å². The van der Waals surface area contributed by atoms with Crippen LogP contribution < -0.4 is 11.1 Å². The highest BCUT2D eigenvalue weighted by Gasteiger charge is 2.08. The first kappa shape index (κ1) is 13.6. The number of furan rings is 1. The predicted molar refractivity (Wildman–Crippen MR) is 88.4 cm³/mol. The van der Waals surface area contributed by atoms with Crippen LogP contribution >= 0.6 is 12.2 Å². The molecule has 0 aliphatic heterocycles. The molecule has 2 heterocycles. The second-order valence-electron chi connectivity index (χ2n) is 4.80. The number of para-hydroxylation sites is 1. The SMILES string of the molecule is Cc1ccc(CNc2cc(C(N)=S)c3ccccc3n2)o1. The van der Waals surface area contributed by atoms with Gasteiger partial charge in [0, 0.05) is 10.9 Å². The van der Waals surface area contributed by atoms with Gasteiger partial charge in [-0.15, -0.1) is 0 Å². The summed E-state index contributed by atoms with van der Waals surface area (Å²) in [6.07, 6.45) is 0. The van der Waals surface area contributed by atoms with Crippen molar-refractivity contribution in [2.75, 3.05) is 5.32 Å². The van der Waals surface area contributed by atoms with E-state index in [2.05, 4.69) is 10.3 Å². The molecule has 1 aromatic carbocycles. The molecule has 0 atom stereocenters. The lowest BCUT2D eigenvalue weighted by Crippen LogP contribution is -2.11. The summed E-state index contributed by atoms with van der Waals surface area (Å²) in [5, 5.41) is 4.20. The largest absolute Gasteiger partial charge is 0.465 e. The molecule has 3 rings (SSSR count). The number of thiocarbonyl (C=S) groups is 1. The summed E-state index contributed by atoms with van der Waals surface area (Å²) >= 11 is 5.13. The van der Waals surface area contributed by atoms with E-state index >= 15 is 0 Å². The number of nitrogens with zero attached hydrogens (tertiary/aromatic N) is 1. The van der Waals surface area contributed by atoms with Crippen LogP contribution in [0.3, 0.4) is 0 Å². The van der Waals surface area contributed by atoms with Gasteiger partial charge in [-0.05, 0) is 31.2 Å². The number of hydrogen-bond acceptors (Lipinski definition) is 4. The number of aryl methyl sites for hydroxylation is 1. The van der Waals surface area contributed by atoms with Crippen molar-refractivity contribution in [3.63, 3.8) is 0 Å². The van der Waals surface area contributed by atoms with Gasteiger partial charge < -0.3 is 15.5 Å². The third-order valence-electron chi connectivity index (χ3n) is 3.22. The fourth-order valence-corrected chi connectivity index (χ4v) is 2.40. The van der Waals surface area contributed by atoms with E-state index in [1.807, 2.05) is 49.4 Å². The highest BCUT2D eigenvalue weighted by atomic mass is 32.1. The van der Waals surface area contributed by atoms with Crippen molar-refractivity contribution in [1.29, 1.82) is 0 Å². The van der Waals surface area contributed by atoms with Crippen LogP contribution in [0, 0.1) is 6.92 Å². The minimum atomic E-state index is 0.366. The Balaban J connectivity index is 1.93. The maximum atomic E-state index is 5.82. The van der Waals surface area contributed by atoms with E-state index in [9.17, 15) is 0 Å². The fraction of sp³-hybridized carbons (Fsp3) is 0.125. The van der Waals surface area contributed by atoms with Crippen molar-refractivity contribution < 1.29 is 4.42 Å². The van der Waals surface area contributed by atoms with Gasteiger partial charge in [0.2, 0.25) is 0 Å². The van der Waals surface area contributed by atoms with Crippen molar-refractivity contribution in [1.82, 2.24) is 4.98 Å². The zero-order chi connectivity index (χ0) is 14.8. The topological polar surface area (TPSA) is 64.1 Å². The number of fused-ring (bicyclic) bond motifs is 1. The van der Waals surface area contributed by atoms with E-state index in [4.69, 9.17) is 22.4 Å². The van der Waals surface area contributed by atoms with Gasteiger partial charge in [0.15, 0.2) is 0 Å². The number of benzene rings is 1. The number of anilines is 1. The highest BCUT2D eigenvalue weighted by molar-refractivity contribution is 7.80. The molecule has 0 aliphatic carbocycles. The Morgan fingerprint density at radius 1 is 1.29 bits per heavy atom. The van der Waals surface area contributed by atoms with Crippen LogP contribution in [0.2, 0.25) is 0 Å². The molecule has 0 fully saturated rings. The molecule has 0 bridgehead atoms. The summed E-state index contributed by atoms with van der Waals surface area (Å²) in [5.74, 6) is 2.48. The van der Waals surface area contributed by atoms with Crippen molar-refractivity contribution in [3.05, 3.63) is 59.5 Å². The van der Waals surface area contributed by atoms with Gasteiger partial charge in [-0.25, -0.2) is 4.98 Å². The van der Waals surface area contributed by atoms with Crippen molar-refractivity contribution in [3.8, 4) is 0 Å². The van der Waals surface area contributed by atoms with E-state index in [-0.39, 0.29) is 0 Å². The lowest BCUT2D eigenvalue weighted by Gasteiger charge is -2.09. The van der Waals surface area contributed by atoms with Gasteiger partial charge in [0.1, 0.15) is 22.3 Å². The molecule has 0 unspecified atom stereocenters. The molecular formula is C16H15N3OS. The number of pyridine rings is 1. The van der Waals surface area contributed by atoms with Gasteiger partial charge in [0.05, 0.1) is 12.1 Å². The maximum absolute atomic E-state index is 5.82. The van der Waals surface area contributed by atoms with E-state index < -0.39 is 0 Å². The van der Waals surface area contributed by atoms with E-state index in [0.717, 1.165) is 33.8 Å². The summed E-state index contributed by atoms with van der Waals surface area (Å²) in [6, 6.07) is 13.6. The molecule has 0 radical (unpaired) electrons. The number of aromatic nitrogens is 1. The summed E-state index contributed by atoms with van der Waals surface area (Å²) in [4.78, 5) is 4.94. The Bertz CT molecular complexity index is 810. The van der Waals surface area contributed by atoms with Gasteiger partial charge in [-0.2, -0.15) is 0 Å². The first-order chi connectivity index (χ1) is 10.1. The molecule has 106 valence electrons. The third kappa shape index (κ3) is 2.87. The first-order valence-corrected chi connectivity index (χ1v) is 7.03. The molecule has 4 nitrogen and oxygen atoms in total. The summed E-state index contributed by atoms with van der Waals surface area (Å²) < 4.78 is 5.53. The molecule has 2 aromatic heterocycles. The molecule has 0 saturated heterocycles. The molecule has 5 heteroatoms. The van der Waals surface area contributed by atoms with Crippen LogP contribution in [0.25, 0.3) is 10.9 Å². The normalized spacial score (nSPS) is 10.7. The Hall–Kier alpha value is -2.40. The quantitative estimate of drug-likeness (QED) is 0.723. The third-order valence-corrected chi connectivity index (χ3v) is 3.44. The van der Waals surface area contributed by atoms with Gasteiger partial charge in [-0.1, -0.05) is 30.4 Å². The Morgan fingerprint density at radius 2 is 2.10 bits per heavy atom. The lowest BCUT2D eigenvalue weighted by atomic mass is 10.1. The van der Waals surface area contributed by atoms with Crippen LogP contribution in [0.5, 0.6) is 0 Å². The van der Waals surface area contributed by atoms with Gasteiger partial charge in [-0.3, -0.25) is 0 Å². The molecule has 3 N–H and O–H groups in total. The summed E-state index contributed by atoms with van der Waals surface area (Å²) in [6.45, 7) is 2.48. The molecule has 0 saturated carbocycles. The van der Waals surface area contributed by atoms with Crippen LogP contribution in [0.1, 0.15) is 17.1 Å². The second kappa shape index (κ2) is 5.54. The second-order valence-corrected chi connectivity index (χ2v) is 5.24. The fourth-order valence-electron chi connectivity index (χ4n) is 2.23. The number of rotatable bonds is 4. The highest BCUT2D eigenvalue weighted by Crippen LogP contribution is 2.21. The monoisotopic (exact) mass is 297 g/mol. The molecular weight excluding hydrogens is 282 g/mol. The van der Waals surface area contributed by atoms with Crippen LogP contribution in [0.15, 0.2) is 46.9 Å². The van der Waals surface area contributed by atoms with Crippen LogP contribution in [-0.4, -0.2) is 9.97 Å². The first-order valence-electron chi connectivity index (χ1n) is 6.62. The number of nitrogens with one attached hydrogen (secondary N) is 1. The van der Waals surface area contributed by atoms with E-state index in [0.29, 0.717) is 11.5 Å². The minimum absolute atomic E-state index is 0.366. The average molecular weight is 297 g/mol. The van der Waals surface area contributed by atoms with Gasteiger partial charge >= 0.3 is 0 Å². The maximum Gasteiger partial charge on any atom is 0.127 e. The zero-order valence-electron chi connectivity index (χ0n) is 11.6. The molecule has 0 aliphatic rings. The predicted octanol–water partition coefficient (Wildman–Crippen LogP) is 3.38. The van der Waals surface area contributed by atoms with E-state index in [1.54, 1.807) is 0 Å². The number of nitrogens with two attached hydrogens (primary N) is 1. The van der Waals surface area contributed by atoms with Crippen LogP contribution in [-0.2, 0) is 6.54 Å². The van der Waals surface area contributed by atoms with Crippen molar-refractivity contribution in [2.24, 2.45) is 5.73 Å². The molecule has 0 amide bonds. The molecule has 0 spiro atoms. The smallest absolute Gasteiger partial charge is 0.127 e. The standard InChI is InChI=1S/C16H15N3OS/c1-10-6-7-11(20-10)9-18-15-8-13(16(17)21)12-4-2-3-5-14(12)19-15/h2-8H,9H2,1H3,(H2,17,21)(H,18,19). The van der Waals surface area contributed by atoms with Crippen molar-refractivity contribution >= 4 is 33.9 Å². The molecule has 21 heavy (non-hydrogen) atoms. The average Bonchev–Trinajstić information content (AvgIpc) is 2.89. The zero-order valence-corrected chi connectivity index (χ0v) is 12.4. The summed E-state index contributed by atoms with van der Waals surface area (Å²) in [5.41, 5.74) is 7.51. The van der Waals surface area contributed by atoms with Crippen molar-refractivity contribution in [2.45, 2.75) is 13.5 Å². The number of hydrogen-bond donors (Lipinski definition) is 2. The Morgan fingerprint density at radius 3 is 2.81 bits per heavy atom. The van der Waals surface area contributed by atoms with E-state index in [1.165, 1.54) is 0 Å². The Kier molecular flexibility index (Phi) is 3.58. The van der Waals surface area contributed by atoms with Crippen LogP contribution in [0.4, 0.5) is 5.82 Å². The summed E-state index contributed by atoms with van der Waals surface area (Å²) in [7, 11) is 0.